The van der Waals surface area contributed by atoms with Crippen LogP contribution in [0.4, 0.5) is 0 Å². The molecule has 0 aromatic heterocycles. The van der Waals surface area contributed by atoms with E-state index in [0.29, 0.717) is 29.8 Å². The van der Waals surface area contributed by atoms with E-state index in [1.807, 2.05) is 18.2 Å². The zero-order valence-corrected chi connectivity index (χ0v) is 13.7. The molecule has 0 heterocycles. The van der Waals surface area contributed by atoms with Crippen LogP contribution in [0.25, 0.3) is 0 Å². The lowest BCUT2D eigenvalue weighted by molar-refractivity contribution is -0.134. The molecule has 3 nitrogen and oxygen atoms in total. The van der Waals surface area contributed by atoms with Gasteiger partial charge in [0.25, 0.3) is 0 Å². The third-order valence-corrected chi connectivity index (χ3v) is 4.97. The average Bonchev–Trinajstić information content (AvgIpc) is 3.17. The van der Waals surface area contributed by atoms with E-state index in [-0.39, 0.29) is 5.97 Å². The van der Waals surface area contributed by atoms with Crippen LogP contribution in [-0.4, -0.2) is 13.1 Å². The maximum Gasteiger partial charge on any atom is 0.311 e. The molecule has 3 atom stereocenters. The Balaban J connectivity index is 1.55. The van der Waals surface area contributed by atoms with Gasteiger partial charge in [-0.2, -0.15) is 0 Å². The summed E-state index contributed by atoms with van der Waals surface area (Å²) < 4.78 is 10.8. The number of ether oxygens (including phenoxy) is 2. The summed E-state index contributed by atoms with van der Waals surface area (Å²) in [5.41, 5.74) is 1.09. The number of fused-ring (bicyclic) bond motifs is 2. The van der Waals surface area contributed by atoms with Gasteiger partial charge in [-0.3, -0.25) is 4.79 Å². The minimum absolute atomic E-state index is 0.175. The number of allylic oxidation sites excluding steroid dienone is 3. The van der Waals surface area contributed by atoms with Crippen LogP contribution in [0.2, 0.25) is 0 Å². The molecule has 0 N–H and O–H groups in total. The van der Waals surface area contributed by atoms with Crippen molar-refractivity contribution in [3.63, 3.8) is 0 Å². The zero-order chi connectivity index (χ0) is 16.2. The number of hydrogen-bond acceptors (Lipinski definition) is 3. The molecule has 3 heteroatoms. The van der Waals surface area contributed by atoms with Crippen molar-refractivity contribution in [2.75, 3.05) is 7.11 Å². The molecule has 3 rings (SSSR count). The summed E-state index contributed by atoms with van der Waals surface area (Å²) in [7, 11) is 1.59. The van der Waals surface area contributed by atoms with Gasteiger partial charge in [0.15, 0.2) is 11.5 Å². The molecule has 2 aliphatic rings. The number of rotatable bonds is 7. The van der Waals surface area contributed by atoms with Gasteiger partial charge in [-0.1, -0.05) is 24.3 Å². The molecule has 0 spiro atoms. The van der Waals surface area contributed by atoms with Gasteiger partial charge in [0.1, 0.15) is 0 Å². The van der Waals surface area contributed by atoms with E-state index >= 15 is 0 Å². The third-order valence-electron chi connectivity index (χ3n) is 4.97. The van der Waals surface area contributed by atoms with E-state index in [4.69, 9.17) is 9.47 Å². The highest BCUT2D eigenvalue weighted by atomic mass is 16.6. The predicted molar refractivity (Wildman–Crippen MR) is 90.6 cm³/mol. The third kappa shape index (κ3) is 3.66. The minimum atomic E-state index is -0.175. The van der Waals surface area contributed by atoms with E-state index in [2.05, 4.69) is 18.7 Å². The maximum absolute atomic E-state index is 12.1. The molecule has 3 unspecified atom stereocenters. The maximum atomic E-state index is 12.1. The Labute approximate surface area is 138 Å². The van der Waals surface area contributed by atoms with Crippen LogP contribution >= 0.6 is 0 Å². The van der Waals surface area contributed by atoms with Crippen molar-refractivity contribution >= 4 is 5.97 Å². The largest absolute Gasteiger partial charge is 0.493 e. The minimum Gasteiger partial charge on any atom is -0.493 e. The Hall–Kier alpha value is -2.03. The van der Waals surface area contributed by atoms with Crippen molar-refractivity contribution in [3.8, 4) is 11.5 Å². The first-order valence-electron chi connectivity index (χ1n) is 8.36. The van der Waals surface area contributed by atoms with E-state index in [9.17, 15) is 4.79 Å². The van der Waals surface area contributed by atoms with Crippen LogP contribution in [0.5, 0.6) is 11.5 Å². The summed E-state index contributed by atoms with van der Waals surface area (Å²) in [6.45, 7) is 3.73. The standard InChI is InChI=1S/C20H24O3/c1-3-4-14-6-9-18(19(13-14)22-2)23-20(21)10-8-17-12-15-5-7-16(17)11-15/h3,5-7,9,13,15-17H,1,4,8,10-12H2,2H3. The number of methoxy groups -OCH3 is 1. The lowest BCUT2D eigenvalue weighted by Crippen LogP contribution is -2.13. The first kappa shape index (κ1) is 15.9. The molecule has 122 valence electrons. The van der Waals surface area contributed by atoms with Gasteiger partial charge >= 0.3 is 5.97 Å². The average molecular weight is 312 g/mol. The molecule has 23 heavy (non-hydrogen) atoms. The summed E-state index contributed by atoms with van der Waals surface area (Å²) in [5.74, 6) is 3.00. The summed E-state index contributed by atoms with van der Waals surface area (Å²) in [6.07, 6.45) is 11.2. The number of hydrogen-bond donors (Lipinski definition) is 0. The van der Waals surface area contributed by atoms with Crippen molar-refractivity contribution < 1.29 is 14.3 Å². The number of carbonyl (C=O) groups excluding carboxylic acids is 1. The molecule has 0 amide bonds. The van der Waals surface area contributed by atoms with Gasteiger partial charge in [-0.05, 0) is 61.1 Å². The molecule has 0 saturated heterocycles. The first-order valence-corrected chi connectivity index (χ1v) is 8.36. The molecule has 1 fully saturated rings. The van der Waals surface area contributed by atoms with E-state index in [1.165, 1.54) is 12.8 Å². The van der Waals surface area contributed by atoms with E-state index in [0.717, 1.165) is 24.3 Å². The summed E-state index contributed by atoms with van der Waals surface area (Å²) >= 11 is 0. The van der Waals surface area contributed by atoms with Crippen LogP contribution in [0.3, 0.4) is 0 Å². The fraction of sp³-hybridized carbons (Fsp3) is 0.450. The van der Waals surface area contributed by atoms with Gasteiger partial charge in [0.05, 0.1) is 7.11 Å². The van der Waals surface area contributed by atoms with Gasteiger partial charge in [-0.25, -0.2) is 0 Å². The van der Waals surface area contributed by atoms with Crippen LogP contribution in [0, 0.1) is 17.8 Å². The SMILES string of the molecule is C=CCc1ccc(OC(=O)CCC2CC3C=CC2C3)c(OC)c1. The van der Waals surface area contributed by atoms with Gasteiger partial charge in [0.2, 0.25) is 0 Å². The normalized spacial score (nSPS) is 24.7. The topological polar surface area (TPSA) is 35.5 Å². The fourth-order valence-corrected chi connectivity index (χ4v) is 3.79. The second-order valence-corrected chi connectivity index (χ2v) is 6.53. The summed E-state index contributed by atoms with van der Waals surface area (Å²) in [4.78, 5) is 12.1. The quantitative estimate of drug-likeness (QED) is 0.427. The molecule has 1 saturated carbocycles. The Bertz CT molecular complexity index is 617. The smallest absolute Gasteiger partial charge is 0.311 e. The van der Waals surface area contributed by atoms with Crippen LogP contribution in [0.1, 0.15) is 31.2 Å². The highest BCUT2D eigenvalue weighted by molar-refractivity contribution is 5.73. The monoisotopic (exact) mass is 312 g/mol. The van der Waals surface area contributed by atoms with Crippen molar-refractivity contribution in [1.29, 1.82) is 0 Å². The van der Waals surface area contributed by atoms with Crippen LogP contribution < -0.4 is 9.47 Å². The molecule has 2 aliphatic carbocycles. The molecular weight excluding hydrogens is 288 g/mol. The fourth-order valence-electron chi connectivity index (χ4n) is 3.79. The summed E-state index contributed by atoms with van der Waals surface area (Å²) in [5, 5.41) is 0. The Kier molecular flexibility index (Phi) is 4.85. The number of benzene rings is 1. The highest BCUT2D eigenvalue weighted by Crippen LogP contribution is 2.45. The van der Waals surface area contributed by atoms with Crippen molar-refractivity contribution in [2.24, 2.45) is 17.8 Å². The molecule has 0 aliphatic heterocycles. The predicted octanol–water partition coefficient (Wildman–Crippen LogP) is 4.32. The Morgan fingerprint density at radius 3 is 2.83 bits per heavy atom. The zero-order valence-electron chi connectivity index (χ0n) is 13.7. The molecule has 1 aromatic rings. The number of carbonyl (C=O) groups is 1. The van der Waals surface area contributed by atoms with Crippen molar-refractivity contribution in [1.82, 2.24) is 0 Å². The highest BCUT2D eigenvalue weighted by Gasteiger charge is 2.35. The molecule has 1 aromatic carbocycles. The molecular formula is C20H24O3. The summed E-state index contributed by atoms with van der Waals surface area (Å²) in [6, 6.07) is 5.63. The van der Waals surface area contributed by atoms with Crippen LogP contribution in [-0.2, 0) is 11.2 Å². The first-order chi connectivity index (χ1) is 11.2. The lowest BCUT2D eigenvalue weighted by Gasteiger charge is -2.17. The molecule has 0 radical (unpaired) electrons. The van der Waals surface area contributed by atoms with Gasteiger partial charge in [0, 0.05) is 6.42 Å². The van der Waals surface area contributed by atoms with Gasteiger partial charge < -0.3 is 9.47 Å². The van der Waals surface area contributed by atoms with E-state index in [1.54, 1.807) is 13.2 Å². The van der Waals surface area contributed by atoms with Crippen LogP contribution in [0.15, 0.2) is 43.0 Å². The Morgan fingerprint density at radius 2 is 2.17 bits per heavy atom. The number of esters is 1. The second kappa shape index (κ2) is 7.03. The molecule has 2 bridgehead atoms. The van der Waals surface area contributed by atoms with E-state index < -0.39 is 0 Å². The van der Waals surface area contributed by atoms with Crippen molar-refractivity contribution in [3.05, 3.63) is 48.6 Å². The van der Waals surface area contributed by atoms with Crippen molar-refractivity contribution in [2.45, 2.75) is 32.1 Å². The second-order valence-electron chi connectivity index (χ2n) is 6.53. The lowest BCUT2D eigenvalue weighted by atomic mass is 9.89. The van der Waals surface area contributed by atoms with Gasteiger partial charge in [-0.15, -0.1) is 6.58 Å². The Morgan fingerprint density at radius 1 is 1.30 bits per heavy atom.